The predicted molar refractivity (Wildman–Crippen MR) is 42.2 cm³/mol. The molecule has 1 N–H and O–H groups in total. The molecule has 0 aromatic heterocycles. The highest BCUT2D eigenvalue weighted by molar-refractivity contribution is 5.33. The fourth-order valence-corrected chi connectivity index (χ4v) is 0.462. The third-order valence-electron chi connectivity index (χ3n) is 1.06. The molecule has 9 heavy (non-hydrogen) atoms. The minimum absolute atomic E-state index is 0.869. The van der Waals surface area contributed by atoms with Gasteiger partial charge in [0.05, 0.1) is 0 Å². The topological polar surface area (TPSA) is 12.0 Å². The van der Waals surface area contributed by atoms with Crippen LogP contribution in [-0.4, -0.2) is 7.05 Å². The van der Waals surface area contributed by atoms with Gasteiger partial charge in [0.15, 0.2) is 0 Å². The molecular weight excluding hydrogens is 110 g/mol. The second kappa shape index (κ2) is 3.96. The van der Waals surface area contributed by atoms with Gasteiger partial charge in [-0.2, -0.15) is 0 Å². The molecule has 0 unspecified atom stereocenters. The second-order valence-corrected chi connectivity index (χ2v) is 1.75. The van der Waals surface area contributed by atoms with E-state index in [1.807, 2.05) is 26.1 Å². The van der Waals surface area contributed by atoms with Crippen molar-refractivity contribution < 1.29 is 0 Å². The molecule has 0 bridgehead atoms. The van der Waals surface area contributed by atoms with Gasteiger partial charge < -0.3 is 5.32 Å². The molecule has 0 aliphatic rings. The van der Waals surface area contributed by atoms with Gasteiger partial charge in [-0.15, -0.1) is 0 Å². The van der Waals surface area contributed by atoms with Crippen molar-refractivity contribution in [1.29, 1.82) is 0 Å². The molecule has 1 nitrogen and oxygen atoms in total. The molecule has 0 saturated heterocycles. The Bertz CT molecular complexity index is 143. The van der Waals surface area contributed by atoms with Crippen LogP contribution in [0.25, 0.3) is 0 Å². The van der Waals surface area contributed by atoms with Gasteiger partial charge in [-0.05, 0) is 12.5 Å². The third-order valence-corrected chi connectivity index (χ3v) is 1.06. The van der Waals surface area contributed by atoms with Crippen LogP contribution < -0.4 is 5.32 Å². The van der Waals surface area contributed by atoms with Crippen molar-refractivity contribution in [3.05, 3.63) is 36.6 Å². The summed E-state index contributed by atoms with van der Waals surface area (Å²) < 4.78 is 0. The van der Waals surface area contributed by atoms with Crippen LogP contribution in [0.4, 0.5) is 0 Å². The fraction of sp³-hybridized carbons (Fsp3) is 0.250. The zero-order valence-electron chi connectivity index (χ0n) is 6.07. The van der Waals surface area contributed by atoms with Gasteiger partial charge in [-0.1, -0.05) is 25.3 Å². The minimum Gasteiger partial charge on any atom is -0.388 e. The maximum Gasteiger partial charge on any atom is 0.0332 e. The first-order chi connectivity index (χ1) is 4.22. The van der Waals surface area contributed by atoms with Crippen LogP contribution in [0, 0.1) is 0 Å². The number of nitrogens with one attached hydrogen (secondary N) is 1. The summed E-state index contributed by atoms with van der Waals surface area (Å²) in [4.78, 5) is 0. The van der Waals surface area contributed by atoms with E-state index in [1.54, 1.807) is 0 Å². The summed E-state index contributed by atoms with van der Waals surface area (Å²) in [5.41, 5.74) is 1.80. The number of allylic oxidation sites excluding steroid dienone is 2. The summed E-state index contributed by atoms with van der Waals surface area (Å²) in [5, 5.41) is 2.90. The van der Waals surface area contributed by atoms with Crippen molar-refractivity contribution in [2.24, 2.45) is 0 Å². The lowest BCUT2D eigenvalue weighted by molar-refractivity contribution is 1.02. The van der Waals surface area contributed by atoms with Gasteiger partial charge in [0.1, 0.15) is 0 Å². The number of likely N-dealkylation sites (N-methyl/N-ethyl adjacent to an activating group) is 1. The highest BCUT2D eigenvalue weighted by atomic mass is 14.8. The van der Waals surface area contributed by atoms with Gasteiger partial charge in [0.25, 0.3) is 0 Å². The Balaban J connectivity index is 3.89. The largest absolute Gasteiger partial charge is 0.388 e. The maximum absolute atomic E-state index is 3.77. The summed E-state index contributed by atoms with van der Waals surface area (Å²) in [6, 6.07) is 0. The summed E-state index contributed by atoms with van der Waals surface area (Å²) in [6.07, 6.45) is 3.85. The molecule has 0 rings (SSSR count). The Morgan fingerprint density at radius 1 is 1.44 bits per heavy atom. The quantitative estimate of drug-likeness (QED) is 0.565. The molecule has 0 aliphatic carbocycles. The van der Waals surface area contributed by atoms with Crippen LogP contribution >= 0.6 is 0 Å². The fourth-order valence-electron chi connectivity index (χ4n) is 0.462. The van der Waals surface area contributed by atoms with Gasteiger partial charge >= 0.3 is 0 Å². The summed E-state index contributed by atoms with van der Waals surface area (Å²) >= 11 is 0. The Morgan fingerprint density at radius 3 is 2.33 bits per heavy atom. The summed E-state index contributed by atoms with van der Waals surface area (Å²) in [5.74, 6) is 0. The normalized spacial score (nSPS) is 9.56. The van der Waals surface area contributed by atoms with Gasteiger partial charge in [0.2, 0.25) is 0 Å². The number of hydrogen-bond donors (Lipinski definition) is 1. The monoisotopic (exact) mass is 123 g/mol. The van der Waals surface area contributed by atoms with Crippen LogP contribution in [0.15, 0.2) is 36.6 Å². The highest BCUT2D eigenvalue weighted by Gasteiger charge is 1.88. The van der Waals surface area contributed by atoms with Crippen molar-refractivity contribution in [2.45, 2.75) is 6.92 Å². The first-order valence-electron chi connectivity index (χ1n) is 2.91. The minimum atomic E-state index is 0.869. The van der Waals surface area contributed by atoms with Crippen molar-refractivity contribution in [1.82, 2.24) is 5.32 Å². The number of hydrogen-bond acceptors (Lipinski definition) is 1. The van der Waals surface area contributed by atoms with E-state index in [-0.39, 0.29) is 0 Å². The van der Waals surface area contributed by atoms with E-state index in [9.17, 15) is 0 Å². The van der Waals surface area contributed by atoms with Crippen LogP contribution in [0.1, 0.15) is 6.92 Å². The average molecular weight is 123 g/mol. The molecule has 0 amide bonds. The molecule has 0 atom stereocenters. The molecule has 0 aliphatic heterocycles. The lowest BCUT2D eigenvalue weighted by atomic mass is 10.2. The number of rotatable bonds is 3. The standard InChI is InChI=1S/C8H13N/c1-5-6-7(2)8(3)9-4/h5-6,9H,2-3H2,1,4H3/b6-5-. The van der Waals surface area contributed by atoms with E-state index in [2.05, 4.69) is 18.5 Å². The first kappa shape index (κ1) is 8.02. The average Bonchev–Trinajstić information content (AvgIpc) is 1.87. The second-order valence-electron chi connectivity index (χ2n) is 1.75. The van der Waals surface area contributed by atoms with Crippen LogP contribution in [0.2, 0.25) is 0 Å². The Kier molecular flexibility index (Phi) is 3.52. The molecule has 0 radical (unpaired) electrons. The van der Waals surface area contributed by atoms with Crippen LogP contribution in [0.5, 0.6) is 0 Å². The lowest BCUT2D eigenvalue weighted by Gasteiger charge is -2.01. The van der Waals surface area contributed by atoms with E-state index in [0.717, 1.165) is 11.3 Å². The van der Waals surface area contributed by atoms with Crippen molar-refractivity contribution >= 4 is 0 Å². The molecule has 0 saturated carbocycles. The zero-order chi connectivity index (χ0) is 7.28. The van der Waals surface area contributed by atoms with Crippen molar-refractivity contribution in [2.75, 3.05) is 7.05 Å². The molecule has 0 fully saturated rings. The predicted octanol–water partition coefficient (Wildman–Crippen LogP) is 1.85. The Morgan fingerprint density at radius 2 is 2.00 bits per heavy atom. The summed E-state index contributed by atoms with van der Waals surface area (Å²) in [7, 11) is 1.83. The molecule has 1 heteroatoms. The smallest absolute Gasteiger partial charge is 0.0332 e. The maximum atomic E-state index is 3.77. The Labute approximate surface area is 56.8 Å². The van der Waals surface area contributed by atoms with E-state index in [0.29, 0.717) is 0 Å². The molecular formula is C8H13N. The lowest BCUT2D eigenvalue weighted by Crippen LogP contribution is -2.04. The van der Waals surface area contributed by atoms with E-state index in [1.165, 1.54) is 0 Å². The first-order valence-corrected chi connectivity index (χ1v) is 2.91. The van der Waals surface area contributed by atoms with Crippen molar-refractivity contribution in [3.8, 4) is 0 Å². The van der Waals surface area contributed by atoms with Crippen molar-refractivity contribution in [3.63, 3.8) is 0 Å². The molecule has 0 spiro atoms. The van der Waals surface area contributed by atoms with Crippen LogP contribution in [-0.2, 0) is 0 Å². The van der Waals surface area contributed by atoms with Crippen LogP contribution in [0.3, 0.4) is 0 Å². The molecule has 0 aromatic rings. The van der Waals surface area contributed by atoms with E-state index < -0.39 is 0 Å². The SMILES string of the molecule is C=C(/C=C\C)C(=C)NC. The molecule has 0 aromatic carbocycles. The molecule has 0 heterocycles. The van der Waals surface area contributed by atoms with E-state index in [4.69, 9.17) is 0 Å². The summed E-state index contributed by atoms with van der Waals surface area (Å²) in [6.45, 7) is 9.45. The third kappa shape index (κ3) is 2.75. The van der Waals surface area contributed by atoms with Gasteiger partial charge in [0, 0.05) is 12.7 Å². The van der Waals surface area contributed by atoms with Gasteiger partial charge in [-0.25, -0.2) is 0 Å². The highest BCUT2D eigenvalue weighted by Crippen LogP contribution is 2.00. The molecule has 50 valence electrons. The van der Waals surface area contributed by atoms with Gasteiger partial charge in [-0.3, -0.25) is 0 Å². The Hall–Kier alpha value is -0.980. The zero-order valence-corrected chi connectivity index (χ0v) is 6.07. The van der Waals surface area contributed by atoms with E-state index >= 15 is 0 Å².